The van der Waals surface area contributed by atoms with Crippen LogP contribution in [-0.4, -0.2) is 66.2 Å². The van der Waals surface area contributed by atoms with Crippen LogP contribution in [0.15, 0.2) is 36.1 Å². The van der Waals surface area contributed by atoms with Crippen molar-refractivity contribution in [1.29, 1.82) is 0 Å². The topological polar surface area (TPSA) is 107 Å². The Labute approximate surface area is 215 Å². The normalized spacial score (nSPS) is 12.4. The van der Waals surface area contributed by atoms with Crippen LogP contribution in [0, 0.1) is 0 Å². The molecule has 0 spiro atoms. The Balaban J connectivity index is 0.000000861. The van der Waals surface area contributed by atoms with Crippen LogP contribution in [0.3, 0.4) is 0 Å². The van der Waals surface area contributed by atoms with Crippen LogP contribution in [-0.2, 0) is 0 Å². The number of anilines is 3. The molecule has 1 aromatic carbocycles. The molecule has 11 heteroatoms. The van der Waals surface area contributed by atoms with E-state index >= 15 is 0 Å². The van der Waals surface area contributed by atoms with Gasteiger partial charge in [0.25, 0.3) is 0 Å². The Morgan fingerprint density at radius 1 is 0.972 bits per heavy atom. The van der Waals surface area contributed by atoms with Crippen molar-refractivity contribution in [3.8, 4) is 22.9 Å². The van der Waals surface area contributed by atoms with Crippen molar-refractivity contribution >= 4 is 39.1 Å². The van der Waals surface area contributed by atoms with E-state index in [1.165, 1.54) is 12.8 Å². The number of aromatic nitrogens is 4. The van der Waals surface area contributed by atoms with Gasteiger partial charge in [0, 0.05) is 32.3 Å². The maximum atomic E-state index is 7.00. The Kier molecular flexibility index (Phi) is 9.71. The summed E-state index contributed by atoms with van der Waals surface area (Å²) in [5, 5.41) is 13.4. The number of imidazole rings is 1. The van der Waals surface area contributed by atoms with Crippen LogP contribution in [0.5, 0.6) is 17.2 Å². The van der Waals surface area contributed by atoms with E-state index in [0.29, 0.717) is 23.1 Å². The van der Waals surface area contributed by atoms with Gasteiger partial charge in [-0.05, 0) is 24.3 Å². The number of nitrogens with one attached hydrogen (secondary N) is 1. The van der Waals surface area contributed by atoms with Gasteiger partial charge in [0.2, 0.25) is 11.7 Å². The van der Waals surface area contributed by atoms with Gasteiger partial charge in [-0.15, -0.1) is 11.3 Å². The maximum absolute atomic E-state index is 7.00. The predicted molar refractivity (Wildman–Crippen MR) is 145 cm³/mol. The Morgan fingerprint density at radius 2 is 1.64 bits per heavy atom. The minimum atomic E-state index is 0.549. The molecule has 4 heterocycles. The number of hydrogen-bond acceptors (Lipinski definition) is 10. The molecule has 0 atom stereocenters. The summed E-state index contributed by atoms with van der Waals surface area (Å²) in [6, 6.07) is 5.78. The lowest BCUT2D eigenvalue weighted by atomic mass is 10.2. The molecule has 0 amide bonds. The first-order chi connectivity index (χ1) is 17.7. The molecule has 1 saturated heterocycles. The number of hydrogen-bond donors (Lipinski definition) is 2. The third-order valence-electron chi connectivity index (χ3n) is 5.48. The van der Waals surface area contributed by atoms with Gasteiger partial charge in [-0.2, -0.15) is 4.98 Å². The number of nitrogens with zero attached hydrogens (tertiary/aromatic N) is 5. The van der Waals surface area contributed by atoms with E-state index in [1.54, 1.807) is 39.0 Å². The first-order valence-corrected chi connectivity index (χ1v) is 12.6. The van der Waals surface area contributed by atoms with Gasteiger partial charge in [-0.25, -0.2) is 9.97 Å². The molecular weight excluding hydrogens is 480 g/mol. The lowest BCUT2D eigenvalue weighted by Gasteiger charge is -2.16. The highest BCUT2D eigenvalue weighted by atomic mass is 32.1. The molecule has 4 aromatic rings. The minimum absolute atomic E-state index is 0.549. The standard InChI is InChI=1S/C22H24N6O3S.C2H6.CH4O/c1-29-16-10-14(11-17(30-2)19(16)31-3)28-12-18(23-13-28)24-20-15-6-9-32-21(15)26-22(25-20)27-7-4-5-8-27;2*1-2/h6,9-13H,4-5,7-8H2,1-3H3,(H,24,25,26);1-2H3;2H,1H3. The second-order valence-corrected chi connectivity index (χ2v) is 8.28. The summed E-state index contributed by atoms with van der Waals surface area (Å²) in [6.45, 7) is 5.98. The number of aliphatic hydroxyl groups is 1. The molecule has 0 aliphatic carbocycles. The van der Waals surface area contributed by atoms with Crippen molar-refractivity contribution < 1.29 is 19.3 Å². The molecule has 3 aromatic heterocycles. The smallest absolute Gasteiger partial charge is 0.228 e. The predicted octanol–water partition coefficient (Wildman–Crippen LogP) is 4.88. The molecule has 0 bridgehead atoms. The lowest BCUT2D eigenvalue weighted by molar-refractivity contribution is 0.324. The van der Waals surface area contributed by atoms with Gasteiger partial charge >= 0.3 is 0 Å². The molecule has 1 aliphatic rings. The van der Waals surface area contributed by atoms with Crippen LogP contribution < -0.4 is 24.4 Å². The molecule has 1 aliphatic heterocycles. The van der Waals surface area contributed by atoms with Crippen LogP contribution in [0.4, 0.5) is 17.6 Å². The zero-order valence-electron chi connectivity index (χ0n) is 21.6. The number of aliphatic hydroxyl groups excluding tert-OH is 1. The Morgan fingerprint density at radius 3 is 2.25 bits per heavy atom. The molecule has 0 radical (unpaired) electrons. The van der Waals surface area contributed by atoms with Crippen LogP contribution >= 0.6 is 11.3 Å². The fourth-order valence-corrected chi connectivity index (χ4v) is 4.62. The monoisotopic (exact) mass is 514 g/mol. The second kappa shape index (κ2) is 12.9. The van der Waals surface area contributed by atoms with Crippen LogP contribution in [0.1, 0.15) is 26.7 Å². The molecular formula is C25H34N6O4S. The van der Waals surface area contributed by atoms with E-state index in [-0.39, 0.29) is 0 Å². The zero-order valence-corrected chi connectivity index (χ0v) is 22.4. The van der Waals surface area contributed by atoms with Crippen molar-refractivity contribution in [3.05, 3.63) is 36.1 Å². The first-order valence-electron chi connectivity index (χ1n) is 11.8. The molecule has 0 saturated carbocycles. The van der Waals surface area contributed by atoms with Crippen molar-refractivity contribution in [2.75, 3.05) is 51.7 Å². The number of ether oxygens (including phenoxy) is 3. The molecule has 10 nitrogen and oxygen atoms in total. The van der Waals surface area contributed by atoms with Gasteiger partial charge in [0.1, 0.15) is 22.8 Å². The van der Waals surface area contributed by atoms with Gasteiger partial charge in [0.05, 0.1) is 38.6 Å². The van der Waals surface area contributed by atoms with Gasteiger partial charge < -0.3 is 34.1 Å². The van der Waals surface area contributed by atoms with Crippen molar-refractivity contribution in [3.63, 3.8) is 0 Å². The molecule has 36 heavy (non-hydrogen) atoms. The van der Waals surface area contributed by atoms with Crippen molar-refractivity contribution in [2.45, 2.75) is 26.7 Å². The van der Waals surface area contributed by atoms with Crippen molar-refractivity contribution in [1.82, 2.24) is 19.5 Å². The summed E-state index contributed by atoms with van der Waals surface area (Å²) < 4.78 is 18.2. The van der Waals surface area contributed by atoms with Crippen LogP contribution in [0.2, 0.25) is 0 Å². The first kappa shape index (κ1) is 27.0. The summed E-state index contributed by atoms with van der Waals surface area (Å²) in [5.74, 6) is 3.91. The van der Waals surface area contributed by atoms with Gasteiger partial charge in [-0.3, -0.25) is 0 Å². The third-order valence-corrected chi connectivity index (χ3v) is 6.29. The summed E-state index contributed by atoms with van der Waals surface area (Å²) in [6.07, 6.45) is 5.98. The molecule has 5 rings (SSSR count). The van der Waals surface area contributed by atoms with E-state index in [4.69, 9.17) is 29.3 Å². The lowest BCUT2D eigenvalue weighted by Crippen LogP contribution is -2.20. The van der Waals surface area contributed by atoms with E-state index in [9.17, 15) is 0 Å². The quantitative estimate of drug-likeness (QED) is 0.357. The highest BCUT2D eigenvalue weighted by Gasteiger charge is 2.19. The van der Waals surface area contributed by atoms with E-state index in [0.717, 1.165) is 47.9 Å². The average molecular weight is 515 g/mol. The summed E-state index contributed by atoms with van der Waals surface area (Å²) in [7, 11) is 5.78. The zero-order chi connectivity index (χ0) is 26.1. The van der Waals surface area contributed by atoms with E-state index < -0.39 is 0 Å². The molecule has 1 fully saturated rings. The van der Waals surface area contributed by atoms with E-state index in [2.05, 4.69) is 15.2 Å². The summed E-state index contributed by atoms with van der Waals surface area (Å²) in [4.78, 5) is 17.3. The van der Waals surface area contributed by atoms with Crippen molar-refractivity contribution in [2.24, 2.45) is 0 Å². The number of rotatable bonds is 7. The maximum Gasteiger partial charge on any atom is 0.228 e. The molecule has 194 valence electrons. The Hall–Kier alpha value is -3.57. The van der Waals surface area contributed by atoms with E-state index in [1.807, 2.05) is 48.2 Å². The average Bonchev–Trinajstić information content (AvgIpc) is 3.72. The van der Waals surface area contributed by atoms with Crippen LogP contribution in [0.25, 0.3) is 15.9 Å². The number of benzene rings is 1. The SMILES string of the molecule is CC.CO.COc1cc(-n2cnc(Nc3nc(N4CCCC4)nc4sccc34)c2)cc(OC)c1OC. The van der Waals surface area contributed by atoms with Gasteiger partial charge in [0.15, 0.2) is 11.5 Å². The molecule has 0 unspecified atom stereocenters. The highest BCUT2D eigenvalue weighted by Crippen LogP contribution is 2.39. The summed E-state index contributed by atoms with van der Waals surface area (Å²) in [5.41, 5.74) is 0.834. The molecule has 2 N–H and O–H groups in total. The number of thiophene rings is 1. The Bertz CT molecular complexity index is 1230. The highest BCUT2D eigenvalue weighted by molar-refractivity contribution is 7.16. The largest absolute Gasteiger partial charge is 0.493 e. The third kappa shape index (κ3) is 5.63. The fraction of sp³-hybridized carbons (Fsp3) is 0.400. The van der Waals surface area contributed by atoms with Gasteiger partial charge in [-0.1, -0.05) is 13.8 Å². The fourth-order valence-electron chi connectivity index (χ4n) is 3.86. The number of methoxy groups -OCH3 is 3. The number of fused-ring (bicyclic) bond motifs is 1. The summed E-state index contributed by atoms with van der Waals surface area (Å²) >= 11 is 1.62. The minimum Gasteiger partial charge on any atom is -0.493 e. The second-order valence-electron chi connectivity index (χ2n) is 7.38.